The molecule has 0 aliphatic carbocycles. The number of aromatic nitrogens is 2. The normalized spacial score (nSPS) is 14.4. The molecule has 1 fully saturated rings. The van der Waals surface area contributed by atoms with Crippen molar-refractivity contribution in [3.63, 3.8) is 0 Å². The maximum atomic E-state index is 13.4. The number of anilines is 1. The van der Waals surface area contributed by atoms with Gasteiger partial charge in [0.1, 0.15) is 11.4 Å². The molecular formula is C27H31ClN4O4. The van der Waals surface area contributed by atoms with Gasteiger partial charge in [-0.05, 0) is 70.0 Å². The van der Waals surface area contributed by atoms with Crippen LogP contribution < -0.4 is 10.1 Å². The molecule has 0 spiro atoms. The highest BCUT2D eigenvalue weighted by Gasteiger charge is 2.32. The Balaban J connectivity index is 1.62. The standard InChI is InChI=1S/C27H31ClN4O4/c1-27(2,3)36-26(34)31-15-13-18(14-16-31)24-21(25(33)30-23-8-6-5-7-22(23)28)17-29-32(24)19-9-11-20(35-4)12-10-19/h5-12,17-18H,13-16H2,1-4H3,(H,30,33). The lowest BCUT2D eigenvalue weighted by molar-refractivity contribution is 0.0203. The van der Waals surface area contributed by atoms with Gasteiger partial charge in [0.15, 0.2) is 0 Å². The van der Waals surface area contributed by atoms with E-state index in [4.69, 9.17) is 21.1 Å². The van der Waals surface area contributed by atoms with E-state index in [0.29, 0.717) is 42.2 Å². The summed E-state index contributed by atoms with van der Waals surface area (Å²) in [5.41, 5.74) is 2.07. The summed E-state index contributed by atoms with van der Waals surface area (Å²) in [5.74, 6) is 0.461. The summed E-state index contributed by atoms with van der Waals surface area (Å²) in [6.07, 6.45) is 2.62. The number of rotatable bonds is 5. The number of benzene rings is 2. The largest absolute Gasteiger partial charge is 0.497 e. The van der Waals surface area contributed by atoms with E-state index in [1.165, 1.54) is 0 Å². The van der Waals surface area contributed by atoms with Crippen LogP contribution in [0.2, 0.25) is 5.02 Å². The van der Waals surface area contributed by atoms with Gasteiger partial charge >= 0.3 is 6.09 Å². The van der Waals surface area contributed by atoms with Crippen molar-refractivity contribution in [1.29, 1.82) is 0 Å². The Bertz CT molecular complexity index is 1230. The maximum Gasteiger partial charge on any atom is 0.410 e. The van der Waals surface area contributed by atoms with Crippen molar-refractivity contribution in [1.82, 2.24) is 14.7 Å². The topological polar surface area (TPSA) is 85.7 Å². The zero-order valence-electron chi connectivity index (χ0n) is 21.0. The van der Waals surface area contributed by atoms with Gasteiger partial charge in [-0.2, -0.15) is 5.10 Å². The van der Waals surface area contributed by atoms with Crippen molar-refractivity contribution >= 4 is 29.3 Å². The lowest BCUT2D eigenvalue weighted by Crippen LogP contribution is -2.41. The third kappa shape index (κ3) is 5.82. The average Bonchev–Trinajstić information content (AvgIpc) is 3.30. The molecule has 1 aliphatic heterocycles. The monoisotopic (exact) mass is 510 g/mol. The Morgan fingerprint density at radius 2 is 1.72 bits per heavy atom. The number of carbonyl (C=O) groups is 2. The first-order valence-electron chi connectivity index (χ1n) is 11.9. The summed E-state index contributed by atoms with van der Waals surface area (Å²) in [4.78, 5) is 27.7. The fourth-order valence-corrected chi connectivity index (χ4v) is 4.45. The molecule has 1 aliphatic rings. The van der Waals surface area contributed by atoms with Crippen molar-refractivity contribution in [2.75, 3.05) is 25.5 Å². The molecule has 1 N–H and O–H groups in total. The Morgan fingerprint density at radius 3 is 2.33 bits per heavy atom. The number of hydrogen-bond acceptors (Lipinski definition) is 5. The summed E-state index contributed by atoms with van der Waals surface area (Å²) in [6, 6.07) is 14.6. The number of amides is 2. The zero-order chi connectivity index (χ0) is 25.9. The molecule has 0 atom stereocenters. The fourth-order valence-electron chi connectivity index (χ4n) is 4.27. The second-order valence-electron chi connectivity index (χ2n) is 9.73. The molecule has 0 radical (unpaired) electrons. The highest BCUT2D eigenvalue weighted by molar-refractivity contribution is 6.33. The first-order valence-corrected chi connectivity index (χ1v) is 12.3. The number of likely N-dealkylation sites (tertiary alicyclic amines) is 1. The molecule has 0 unspecified atom stereocenters. The van der Waals surface area contributed by atoms with E-state index < -0.39 is 5.60 Å². The fraction of sp³-hybridized carbons (Fsp3) is 0.370. The van der Waals surface area contributed by atoms with Gasteiger partial charge in [0.05, 0.1) is 41.0 Å². The van der Waals surface area contributed by atoms with Gasteiger partial charge < -0.3 is 19.7 Å². The number of halogens is 1. The van der Waals surface area contributed by atoms with E-state index >= 15 is 0 Å². The average molecular weight is 511 g/mol. The number of nitrogens with zero attached hydrogens (tertiary/aromatic N) is 3. The minimum Gasteiger partial charge on any atom is -0.497 e. The minimum absolute atomic E-state index is 0.0142. The summed E-state index contributed by atoms with van der Waals surface area (Å²) >= 11 is 6.27. The van der Waals surface area contributed by atoms with Gasteiger partial charge in [-0.3, -0.25) is 4.79 Å². The van der Waals surface area contributed by atoms with E-state index in [1.54, 1.807) is 35.0 Å². The Labute approximate surface area is 216 Å². The third-order valence-electron chi connectivity index (χ3n) is 6.02. The number of para-hydroxylation sites is 1. The zero-order valence-corrected chi connectivity index (χ0v) is 21.7. The molecule has 9 heteroatoms. The van der Waals surface area contributed by atoms with Crippen LogP contribution in [-0.2, 0) is 4.74 Å². The number of hydrogen-bond donors (Lipinski definition) is 1. The lowest BCUT2D eigenvalue weighted by Gasteiger charge is -2.34. The van der Waals surface area contributed by atoms with Crippen LogP contribution >= 0.6 is 11.6 Å². The summed E-state index contributed by atoms with van der Waals surface area (Å²) in [7, 11) is 1.62. The van der Waals surface area contributed by atoms with Gasteiger partial charge in [0.25, 0.3) is 5.91 Å². The predicted molar refractivity (Wildman–Crippen MR) is 139 cm³/mol. The first-order chi connectivity index (χ1) is 17.2. The molecule has 1 saturated heterocycles. The highest BCUT2D eigenvalue weighted by Crippen LogP contribution is 2.34. The van der Waals surface area contributed by atoms with Crippen LogP contribution in [0.1, 0.15) is 55.6 Å². The summed E-state index contributed by atoms with van der Waals surface area (Å²) in [5, 5.41) is 7.95. The van der Waals surface area contributed by atoms with E-state index in [-0.39, 0.29) is 17.9 Å². The van der Waals surface area contributed by atoms with E-state index in [0.717, 1.165) is 17.1 Å². The van der Waals surface area contributed by atoms with Crippen LogP contribution in [0.3, 0.4) is 0 Å². The van der Waals surface area contributed by atoms with Gasteiger partial charge in [0, 0.05) is 19.0 Å². The number of ether oxygens (including phenoxy) is 2. The van der Waals surface area contributed by atoms with Crippen LogP contribution in [0.25, 0.3) is 5.69 Å². The van der Waals surface area contributed by atoms with Crippen LogP contribution in [-0.4, -0.2) is 52.5 Å². The maximum absolute atomic E-state index is 13.4. The molecule has 2 aromatic carbocycles. The molecule has 2 heterocycles. The van der Waals surface area contributed by atoms with E-state index in [2.05, 4.69) is 10.4 Å². The van der Waals surface area contributed by atoms with Crippen molar-refractivity contribution < 1.29 is 19.1 Å². The van der Waals surface area contributed by atoms with Gasteiger partial charge in [-0.15, -0.1) is 0 Å². The Hall–Kier alpha value is -3.52. The molecule has 36 heavy (non-hydrogen) atoms. The molecule has 1 aromatic heterocycles. The van der Waals surface area contributed by atoms with Crippen LogP contribution in [0.4, 0.5) is 10.5 Å². The third-order valence-corrected chi connectivity index (χ3v) is 6.35. The van der Waals surface area contributed by atoms with Gasteiger partial charge in [-0.25, -0.2) is 9.48 Å². The predicted octanol–water partition coefficient (Wildman–Crippen LogP) is 5.90. The van der Waals surface area contributed by atoms with Gasteiger partial charge in [0.2, 0.25) is 0 Å². The SMILES string of the molecule is COc1ccc(-n2ncc(C(=O)Nc3ccccc3Cl)c2C2CCN(C(=O)OC(C)(C)C)CC2)cc1. The highest BCUT2D eigenvalue weighted by atomic mass is 35.5. The number of carbonyl (C=O) groups excluding carboxylic acids is 2. The smallest absolute Gasteiger partial charge is 0.410 e. The van der Waals surface area contributed by atoms with Crippen LogP contribution in [0, 0.1) is 0 Å². The summed E-state index contributed by atoms with van der Waals surface area (Å²) in [6.45, 7) is 6.62. The molecule has 2 amide bonds. The second-order valence-corrected chi connectivity index (χ2v) is 10.1. The number of nitrogens with one attached hydrogen (secondary N) is 1. The van der Waals surface area contributed by atoms with E-state index in [9.17, 15) is 9.59 Å². The molecule has 190 valence electrons. The van der Waals surface area contributed by atoms with Gasteiger partial charge in [-0.1, -0.05) is 23.7 Å². The molecular weight excluding hydrogens is 480 g/mol. The Morgan fingerprint density at radius 1 is 1.06 bits per heavy atom. The van der Waals surface area contributed by atoms with Crippen LogP contribution in [0.15, 0.2) is 54.7 Å². The van der Waals surface area contributed by atoms with Crippen molar-refractivity contribution in [3.05, 3.63) is 71.0 Å². The Kier molecular flexibility index (Phi) is 7.54. The van der Waals surface area contributed by atoms with Crippen molar-refractivity contribution in [2.24, 2.45) is 0 Å². The number of methoxy groups -OCH3 is 1. The van der Waals surface area contributed by atoms with Crippen LogP contribution in [0.5, 0.6) is 5.75 Å². The second kappa shape index (κ2) is 10.6. The molecule has 4 rings (SSSR count). The first kappa shape index (κ1) is 25.6. The lowest BCUT2D eigenvalue weighted by atomic mass is 9.90. The molecule has 0 saturated carbocycles. The van der Waals surface area contributed by atoms with E-state index in [1.807, 2.05) is 57.2 Å². The molecule has 8 nitrogen and oxygen atoms in total. The number of piperidine rings is 1. The molecule has 0 bridgehead atoms. The van der Waals surface area contributed by atoms with Crippen molar-refractivity contribution in [3.8, 4) is 11.4 Å². The quantitative estimate of drug-likeness (QED) is 0.461. The van der Waals surface area contributed by atoms with Crippen molar-refractivity contribution in [2.45, 2.75) is 45.1 Å². The minimum atomic E-state index is -0.551. The summed E-state index contributed by atoms with van der Waals surface area (Å²) < 4.78 is 12.6. The molecule has 3 aromatic rings.